The van der Waals surface area contributed by atoms with Crippen LogP contribution in [0.25, 0.3) is 0 Å². The van der Waals surface area contributed by atoms with Crippen LogP contribution in [0.1, 0.15) is 39.6 Å². The molecule has 1 atom stereocenters. The van der Waals surface area contributed by atoms with E-state index in [1.165, 1.54) is 0 Å². The van der Waals surface area contributed by atoms with Gasteiger partial charge in [-0.25, -0.2) is 0 Å². The monoisotopic (exact) mass is 595 g/mol. The first-order valence-corrected chi connectivity index (χ1v) is 13.8. The molecule has 0 aromatic heterocycles. The van der Waals surface area contributed by atoms with Crippen molar-refractivity contribution < 1.29 is 14.4 Å². The summed E-state index contributed by atoms with van der Waals surface area (Å²) in [4.78, 5) is 33.5. The zero-order valence-electron chi connectivity index (χ0n) is 21.2. The van der Waals surface area contributed by atoms with E-state index in [2.05, 4.69) is 21.4 Å². The molecule has 5 rings (SSSR count). The van der Waals surface area contributed by atoms with Crippen molar-refractivity contribution >= 4 is 63.7 Å². The minimum Gasteiger partial charge on any atom is -0.387 e. The summed E-state index contributed by atoms with van der Waals surface area (Å²) in [5.41, 5.74) is 4.79. The topological polar surface area (TPSA) is 98.0 Å². The average Bonchev–Trinajstić information content (AvgIpc) is 3.47. The minimum atomic E-state index is -1.17. The molecule has 8 nitrogen and oxygen atoms in total. The molecule has 0 radical (unpaired) electrons. The molecule has 1 saturated heterocycles. The Kier molecular flexibility index (Phi) is 8.46. The van der Waals surface area contributed by atoms with E-state index in [-0.39, 0.29) is 12.0 Å². The largest absolute Gasteiger partial charge is 0.387 e. The second kappa shape index (κ2) is 12.2. The summed E-state index contributed by atoms with van der Waals surface area (Å²) in [6, 6.07) is 21.8. The number of carbonyl (C=O) groups is 2. The van der Waals surface area contributed by atoms with Crippen LogP contribution >= 0.6 is 34.8 Å². The normalized spacial score (nSPS) is 16.8. The van der Waals surface area contributed by atoms with Crippen molar-refractivity contribution in [3.8, 4) is 6.07 Å². The van der Waals surface area contributed by atoms with Crippen LogP contribution in [0.2, 0.25) is 5.02 Å². The smallest absolute Gasteiger partial charge is 0.257 e. The number of benzene rings is 3. The Morgan fingerprint density at radius 3 is 2.52 bits per heavy atom. The summed E-state index contributed by atoms with van der Waals surface area (Å²) in [6.07, 6.45) is 0.118. The Hall–Kier alpha value is -3.77. The fourth-order valence-electron chi connectivity index (χ4n) is 4.83. The van der Waals surface area contributed by atoms with E-state index in [1.54, 1.807) is 41.3 Å². The zero-order chi connectivity index (χ0) is 28.2. The van der Waals surface area contributed by atoms with Crippen LogP contribution in [0.5, 0.6) is 0 Å². The van der Waals surface area contributed by atoms with Crippen LogP contribution in [0, 0.1) is 11.3 Å². The van der Waals surface area contributed by atoms with Crippen molar-refractivity contribution in [1.82, 2.24) is 4.90 Å². The maximum Gasteiger partial charge on any atom is 0.257 e. The lowest BCUT2D eigenvalue weighted by molar-refractivity contribution is -0.114. The number of halogens is 3. The van der Waals surface area contributed by atoms with Gasteiger partial charge in [-0.2, -0.15) is 5.26 Å². The van der Waals surface area contributed by atoms with Gasteiger partial charge in [0.25, 0.3) is 11.8 Å². The lowest BCUT2D eigenvalue weighted by Gasteiger charge is -2.37. The Labute approximate surface area is 246 Å². The lowest BCUT2D eigenvalue weighted by atomic mass is 9.98. The van der Waals surface area contributed by atoms with E-state index in [1.807, 2.05) is 30.3 Å². The molecule has 11 heteroatoms. The predicted molar refractivity (Wildman–Crippen MR) is 156 cm³/mol. The molecule has 40 heavy (non-hydrogen) atoms. The van der Waals surface area contributed by atoms with E-state index in [0.29, 0.717) is 60.1 Å². The fourth-order valence-corrected chi connectivity index (χ4v) is 5.22. The third-order valence-corrected chi connectivity index (χ3v) is 7.53. The first kappa shape index (κ1) is 27.8. The third-order valence-electron chi connectivity index (χ3n) is 6.82. The van der Waals surface area contributed by atoms with Crippen LogP contribution in [0.3, 0.4) is 0 Å². The number of rotatable bonds is 6. The highest BCUT2D eigenvalue weighted by Gasteiger charge is 2.30. The number of anilines is 2. The Morgan fingerprint density at radius 1 is 1.02 bits per heavy atom. The summed E-state index contributed by atoms with van der Waals surface area (Å²) in [5, 5.41) is 16.8. The second-order valence-electron chi connectivity index (χ2n) is 9.36. The number of nitrogens with zero attached hydrogens (tertiary/aromatic N) is 4. The van der Waals surface area contributed by atoms with Crippen LogP contribution in [0.15, 0.2) is 71.9 Å². The minimum absolute atomic E-state index is 0.0921. The van der Waals surface area contributed by atoms with E-state index in [0.717, 1.165) is 16.8 Å². The quantitative estimate of drug-likeness (QED) is 0.364. The van der Waals surface area contributed by atoms with Crippen molar-refractivity contribution in [1.29, 1.82) is 5.26 Å². The molecule has 0 aliphatic carbocycles. The van der Waals surface area contributed by atoms with Gasteiger partial charge >= 0.3 is 0 Å². The highest BCUT2D eigenvalue weighted by Crippen LogP contribution is 2.37. The van der Waals surface area contributed by atoms with Gasteiger partial charge in [0.1, 0.15) is 0 Å². The van der Waals surface area contributed by atoms with Crippen molar-refractivity contribution in [2.45, 2.75) is 17.4 Å². The van der Waals surface area contributed by atoms with Gasteiger partial charge in [0.05, 0.1) is 22.4 Å². The number of hydrogen-bond acceptors (Lipinski definition) is 6. The third kappa shape index (κ3) is 6.02. The summed E-state index contributed by atoms with van der Waals surface area (Å²) in [5.74, 6) is -0.603. The molecule has 0 saturated carbocycles. The standard InChI is InChI=1S/C29H24Cl3N5O3/c30-22-8-3-9-24(36-10-12-37(13-11-36)29(39)20-6-1-4-18(14-20)17-33)26(22)23-16-25(40-35-23)19-5-2-7-21(15-19)34-28(38)27(31)32/h1-9,14-15,25,27H,10-13,16H2,(H,34,38). The number of hydrogen-bond donors (Lipinski definition) is 1. The molecule has 1 N–H and O–H groups in total. The molecule has 0 spiro atoms. The van der Waals surface area contributed by atoms with Crippen molar-refractivity contribution in [3.05, 3.63) is 94.0 Å². The first-order chi connectivity index (χ1) is 19.3. The van der Waals surface area contributed by atoms with Gasteiger partial charge in [-0.05, 0) is 48.0 Å². The van der Waals surface area contributed by atoms with Gasteiger partial charge < -0.3 is 20.0 Å². The molecular formula is C29H24Cl3N5O3. The number of nitriles is 1. The molecule has 1 fully saturated rings. The number of oxime groups is 1. The molecular weight excluding hydrogens is 573 g/mol. The van der Waals surface area contributed by atoms with Gasteiger partial charge in [0.2, 0.25) is 0 Å². The van der Waals surface area contributed by atoms with Crippen molar-refractivity contribution in [2.24, 2.45) is 5.16 Å². The number of piperazine rings is 1. The molecule has 2 aliphatic rings. The SMILES string of the molecule is N#Cc1cccc(C(=O)N2CCN(c3cccc(Cl)c3C3=NOC(c4cccc(NC(=O)C(Cl)Cl)c4)C3)CC2)c1. The zero-order valence-corrected chi connectivity index (χ0v) is 23.5. The van der Waals surface area contributed by atoms with Crippen LogP contribution in [-0.4, -0.2) is 53.4 Å². The Balaban J connectivity index is 1.28. The van der Waals surface area contributed by atoms with E-state index < -0.39 is 10.7 Å². The fraction of sp³-hybridized carbons (Fsp3) is 0.241. The van der Waals surface area contributed by atoms with E-state index in [9.17, 15) is 9.59 Å². The predicted octanol–water partition coefficient (Wildman–Crippen LogP) is 5.78. The van der Waals surface area contributed by atoms with E-state index in [4.69, 9.17) is 44.9 Å². The summed E-state index contributed by atoms with van der Waals surface area (Å²) < 4.78 is 0. The molecule has 0 bridgehead atoms. The molecule has 204 valence electrons. The molecule has 3 aromatic rings. The maximum atomic E-state index is 13.0. The number of alkyl halides is 2. The lowest BCUT2D eigenvalue weighted by Crippen LogP contribution is -2.49. The van der Waals surface area contributed by atoms with Crippen molar-refractivity contribution in [2.75, 3.05) is 36.4 Å². The maximum absolute atomic E-state index is 13.0. The van der Waals surface area contributed by atoms with Crippen LogP contribution < -0.4 is 10.2 Å². The molecule has 3 aromatic carbocycles. The van der Waals surface area contributed by atoms with Crippen molar-refractivity contribution in [3.63, 3.8) is 0 Å². The summed E-state index contributed by atoms with van der Waals surface area (Å²) in [6.45, 7) is 2.27. The molecule has 1 unspecified atom stereocenters. The van der Waals surface area contributed by atoms with Crippen LogP contribution in [0.4, 0.5) is 11.4 Å². The highest BCUT2D eigenvalue weighted by atomic mass is 35.5. The highest BCUT2D eigenvalue weighted by molar-refractivity contribution is 6.54. The Bertz CT molecular complexity index is 1510. The number of amides is 2. The van der Waals surface area contributed by atoms with E-state index >= 15 is 0 Å². The Morgan fingerprint density at radius 2 is 1.77 bits per heavy atom. The molecule has 2 aliphatic heterocycles. The van der Waals surface area contributed by atoms with Crippen LogP contribution in [-0.2, 0) is 9.63 Å². The molecule has 2 heterocycles. The summed E-state index contributed by atoms with van der Waals surface area (Å²) >= 11 is 18.0. The number of carbonyl (C=O) groups excluding carboxylic acids is 2. The second-order valence-corrected chi connectivity index (χ2v) is 10.9. The van der Waals surface area contributed by atoms with Gasteiger partial charge in [-0.3, -0.25) is 9.59 Å². The number of nitrogens with one attached hydrogen (secondary N) is 1. The molecule has 2 amide bonds. The van der Waals surface area contributed by atoms with Gasteiger partial charge in [-0.15, -0.1) is 0 Å². The summed E-state index contributed by atoms with van der Waals surface area (Å²) in [7, 11) is 0. The van der Waals surface area contributed by atoms with Gasteiger partial charge in [0, 0.05) is 55.1 Å². The van der Waals surface area contributed by atoms with Gasteiger partial charge in [0.15, 0.2) is 10.9 Å². The van der Waals surface area contributed by atoms with Gasteiger partial charge in [-0.1, -0.05) is 64.2 Å². The first-order valence-electron chi connectivity index (χ1n) is 12.6. The average molecular weight is 597 g/mol.